The Morgan fingerprint density at radius 2 is 2.14 bits per heavy atom. The van der Waals surface area contributed by atoms with Gasteiger partial charge in [0.1, 0.15) is 0 Å². The van der Waals surface area contributed by atoms with E-state index in [1.54, 1.807) is 0 Å². The molecule has 2 aromatic rings. The summed E-state index contributed by atoms with van der Waals surface area (Å²) in [6.07, 6.45) is 4.58. The van der Waals surface area contributed by atoms with E-state index in [4.69, 9.17) is 10.3 Å². The van der Waals surface area contributed by atoms with E-state index in [2.05, 4.69) is 46.2 Å². The molecule has 2 N–H and O–H groups in total. The Balaban J connectivity index is 1.71. The van der Waals surface area contributed by atoms with Gasteiger partial charge >= 0.3 is 0 Å². The summed E-state index contributed by atoms with van der Waals surface area (Å²) in [5.74, 6) is 1.26. The molecular formula is C17H24N4O. The Morgan fingerprint density at radius 3 is 2.86 bits per heavy atom. The molecule has 1 aromatic heterocycles. The standard InChI is InChI=1S/C17H24N4O/c1-2-9-21(12-16-19-17(11-18)22-20-16)15-8-7-13-5-3-4-6-14(13)10-15/h3-6,15H,2,7-12,18H2,1H3. The molecule has 0 fully saturated rings. The Bertz CT molecular complexity index is 610. The van der Waals surface area contributed by atoms with Crippen LogP contribution in [0.25, 0.3) is 0 Å². The normalized spacial score (nSPS) is 17.7. The van der Waals surface area contributed by atoms with E-state index in [1.807, 2.05) is 0 Å². The Labute approximate surface area is 131 Å². The fourth-order valence-electron chi connectivity index (χ4n) is 3.29. The van der Waals surface area contributed by atoms with Gasteiger partial charge in [-0.05, 0) is 43.4 Å². The number of fused-ring (bicyclic) bond motifs is 1. The average molecular weight is 300 g/mol. The van der Waals surface area contributed by atoms with Crippen molar-refractivity contribution in [1.82, 2.24) is 15.0 Å². The third kappa shape index (κ3) is 3.36. The number of aromatic nitrogens is 2. The van der Waals surface area contributed by atoms with Gasteiger partial charge in [0.2, 0.25) is 5.89 Å². The summed E-state index contributed by atoms with van der Waals surface area (Å²) in [5.41, 5.74) is 8.52. The molecule has 5 nitrogen and oxygen atoms in total. The van der Waals surface area contributed by atoms with Crippen LogP contribution >= 0.6 is 0 Å². The van der Waals surface area contributed by atoms with Gasteiger partial charge < -0.3 is 10.3 Å². The molecule has 118 valence electrons. The first-order valence-corrected chi connectivity index (χ1v) is 8.12. The van der Waals surface area contributed by atoms with E-state index in [1.165, 1.54) is 17.5 Å². The molecule has 0 saturated carbocycles. The predicted molar refractivity (Wildman–Crippen MR) is 85.1 cm³/mol. The van der Waals surface area contributed by atoms with Crippen molar-refractivity contribution in [2.45, 2.75) is 51.7 Å². The van der Waals surface area contributed by atoms with Gasteiger partial charge in [0, 0.05) is 6.04 Å². The second-order valence-corrected chi connectivity index (χ2v) is 5.94. The number of rotatable bonds is 6. The number of nitrogens with zero attached hydrogens (tertiary/aromatic N) is 3. The van der Waals surface area contributed by atoms with Crippen LogP contribution in [0.3, 0.4) is 0 Å². The second kappa shape index (κ2) is 7.03. The molecule has 0 aliphatic heterocycles. The van der Waals surface area contributed by atoms with Crippen LogP contribution < -0.4 is 5.73 Å². The lowest BCUT2D eigenvalue weighted by atomic mass is 9.87. The Hall–Kier alpha value is -1.72. The molecule has 0 spiro atoms. The van der Waals surface area contributed by atoms with E-state index in [0.29, 0.717) is 18.5 Å². The molecule has 1 heterocycles. The molecule has 1 unspecified atom stereocenters. The summed E-state index contributed by atoms with van der Waals surface area (Å²) < 4.78 is 5.12. The highest BCUT2D eigenvalue weighted by atomic mass is 16.5. The lowest BCUT2D eigenvalue weighted by Gasteiger charge is -2.34. The maximum Gasteiger partial charge on any atom is 0.240 e. The largest absolute Gasteiger partial charge is 0.338 e. The van der Waals surface area contributed by atoms with Gasteiger partial charge in [0.15, 0.2) is 5.82 Å². The molecule has 22 heavy (non-hydrogen) atoms. The van der Waals surface area contributed by atoms with Crippen molar-refractivity contribution >= 4 is 0 Å². The van der Waals surface area contributed by atoms with Gasteiger partial charge in [0.05, 0.1) is 13.1 Å². The van der Waals surface area contributed by atoms with Crippen LogP contribution in [-0.4, -0.2) is 27.6 Å². The molecule has 5 heteroatoms. The van der Waals surface area contributed by atoms with E-state index in [0.717, 1.165) is 38.2 Å². The molecule has 1 atom stereocenters. The molecule has 1 aromatic carbocycles. The van der Waals surface area contributed by atoms with Crippen LogP contribution in [0, 0.1) is 0 Å². The van der Waals surface area contributed by atoms with E-state index in [-0.39, 0.29) is 0 Å². The molecule has 1 aliphatic rings. The SMILES string of the molecule is CCCN(Cc1noc(CN)n1)C1CCc2ccccc2C1. The van der Waals surface area contributed by atoms with Crippen molar-refractivity contribution in [2.24, 2.45) is 5.73 Å². The predicted octanol–water partition coefficient (Wildman–Crippen LogP) is 2.30. The van der Waals surface area contributed by atoms with Gasteiger partial charge in [-0.2, -0.15) is 4.98 Å². The number of nitrogens with two attached hydrogens (primary N) is 1. The topological polar surface area (TPSA) is 68.2 Å². The van der Waals surface area contributed by atoms with E-state index in [9.17, 15) is 0 Å². The zero-order chi connectivity index (χ0) is 15.4. The summed E-state index contributed by atoms with van der Waals surface area (Å²) in [7, 11) is 0. The highest BCUT2D eigenvalue weighted by Crippen LogP contribution is 2.25. The van der Waals surface area contributed by atoms with Gasteiger partial charge in [-0.1, -0.05) is 36.3 Å². The van der Waals surface area contributed by atoms with Crippen LogP contribution in [0.15, 0.2) is 28.8 Å². The van der Waals surface area contributed by atoms with Gasteiger partial charge in [-0.25, -0.2) is 0 Å². The molecular weight excluding hydrogens is 276 g/mol. The van der Waals surface area contributed by atoms with Crippen LogP contribution in [0.5, 0.6) is 0 Å². The molecule has 0 amide bonds. The minimum Gasteiger partial charge on any atom is -0.338 e. The maximum atomic E-state index is 5.54. The fraction of sp³-hybridized carbons (Fsp3) is 0.529. The van der Waals surface area contributed by atoms with Crippen LogP contribution in [0.2, 0.25) is 0 Å². The number of aryl methyl sites for hydroxylation is 1. The second-order valence-electron chi connectivity index (χ2n) is 5.94. The van der Waals surface area contributed by atoms with Gasteiger partial charge in [-0.3, -0.25) is 4.90 Å². The lowest BCUT2D eigenvalue weighted by Crippen LogP contribution is -2.39. The molecule has 3 rings (SSSR count). The monoisotopic (exact) mass is 300 g/mol. The Morgan fingerprint density at radius 1 is 1.32 bits per heavy atom. The minimum atomic E-state index is 0.303. The Kier molecular flexibility index (Phi) is 4.85. The van der Waals surface area contributed by atoms with Crippen molar-refractivity contribution in [3.8, 4) is 0 Å². The number of hydrogen-bond acceptors (Lipinski definition) is 5. The first-order valence-electron chi connectivity index (χ1n) is 8.12. The van der Waals surface area contributed by atoms with Crippen molar-refractivity contribution < 1.29 is 4.52 Å². The highest BCUT2D eigenvalue weighted by molar-refractivity contribution is 5.30. The third-order valence-corrected chi connectivity index (χ3v) is 4.38. The third-order valence-electron chi connectivity index (χ3n) is 4.38. The van der Waals surface area contributed by atoms with Crippen molar-refractivity contribution in [3.63, 3.8) is 0 Å². The maximum absolute atomic E-state index is 5.54. The smallest absolute Gasteiger partial charge is 0.240 e. The quantitative estimate of drug-likeness (QED) is 0.886. The van der Waals surface area contributed by atoms with E-state index < -0.39 is 0 Å². The van der Waals surface area contributed by atoms with Crippen LogP contribution in [0.1, 0.15) is 42.6 Å². The molecule has 1 aliphatic carbocycles. The lowest BCUT2D eigenvalue weighted by molar-refractivity contribution is 0.165. The average Bonchev–Trinajstić information content (AvgIpc) is 3.02. The molecule has 0 bridgehead atoms. The van der Waals surface area contributed by atoms with Crippen molar-refractivity contribution in [1.29, 1.82) is 0 Å². The summed E-state index contributed by atoms with van der Waals surface area (Å²) in [6.45, 7) is 4.31. The highest BCUT2D eigenvalue weighted by Gasteiger charge is 2.24. The van der Waals surface area contributed by atoms with Gasteiger partial charge in [0.25, 0.3) is 0 Å². The summed E-state index contributed by atoms with van der Waals surface area (Å²) in [5, 5.41) is 4.04. The molecule has 0 radical (unpaired) electrons. The first-order chi connectivity index (χ1) is 10.8. The summed E-state index contributed by atoms with van der Waals surface area (Å²) in [6, 6.07) is 9.33. The molecule has 0 saturated heterocycles. The summed E-state index contributed by atoms with van der Waals surface area (Å²) >= 11 is 0. The van der Waals surface area contributed by atoms with Crippen LogP contribution in [0.4, 0.5) is 0 Å². The number of benzene rings is 1. The number of hydrogen-bond donors (Lipinski definition) is 1. The zero-order valence-corrected chi connectivity index (χ0v) is 13.2. The summed E-state index contributed by atoms with van der Waals surface area (Å²) in [4.78, 5) is 6.83. The zero-order valence-electron chi connectivity index (χ0n) is 13.2. The first kappa shape index (κ1) is 15.2. The van der Waals surface area contributed by atoms with Gasteiger partial charge in [-0.15, -0.1) is 0 Å². The van der Waals surface area contributed by atoms with Crippen molar-refractivity contribution in [3.05, 3.63) is 47.1 Å². The van der Waals surface area contributed by atoms with Crippen molar-refractivity contribution in [2.75, 3.05) is 6.54 Å². The van der Waals surface area contributed by atoms with Crippen LogP contribution in [-0.2, 0) is 25.9 Å². The minimum absolute atomic E-state index is 0.303. The fourth-order valence-corrected chi connectivity index (χ4v) is 3.29. The van der Waals surface area contributed by atoms with E-state index >= 15 is 0 Å².